The highest BCUT2D eigenvalue weighted by Crippen LogP contribution is 2.49. The molecular formula is C67H66O39. The maximum absolute atomic E-state index is 13.4. The highest BCUT2D eigenvalue weighted by molar-refractivity contribution is 5.59. The van der Waals surface area contributed by atoms with Gasteiger partial charge in [0.2, 0.25) is 46.0 Å². The van der Waals surface area contributed by atoms with Crippen LogP contribution in [0.25, 0.3) is 0 Å². The SMILES string of the molecule is C[C@@H]1O[C@H](COc2cc(O)c(O)c(O)c2)[C@@H](O[C@H]2O[C@H](COc3cc(O)c(O)c(O)c3)C(O[C@H]3O[C@H](COc4cc(O)c(O)c(O)c4)[C@@H](Oc4cc(O)c(O)c(O)c4)[C@H](Oc4cc(O)c(O)c(O)c4)[C@H]3Oc3cc(O)c(O)c(O)c3)[C@H](O)[C@H]2Oc2cc(O)c(O)c(O)c2)[C@H](O)[C@H]1Oc1cc(O)c(O)c(O)c1. The molecule has 39 heteroatoms. The van der Waals surface area contributed by atoms with Crippen molar-refractivity contribution in [2.75, 3.05) is 19.8 Å². The van der Waals surface area contributed by atoms with Gasteiger partial charge in [-0.25, -0.2) is 0 Å². The van der Waals surface area contributed by atoms with Gasteiger partial charge in [-0.3, -0.25) is 0 Å². The lowest BCUT2D eigenvalue weighted by Gasteiger charge is -2.50. The molecule has 106 heavy (non-hydrogen) atoms. The molecule has 11 rings (SSSR count). The van der Waals surface area contributed by atoms with E-state index < -0.39 is 290 Å². The van der Waals surface area contributed by atoms with Crippen LogP contribution in [0.3, 0.4) is 0 Å². The van der Waals surface area contributed by atoms with Gasteiger partial charge in [-0.1, -0.05) is 0 Å². The molecule has 39 nitrogen and oxygen atoms in total. The highest BCUT2D eigenvalue weighted by atomic mass is 16.8. The van der Waals surface area contributed by atoms with Gasteiger partial charge >= 0.3 is 0 Å². The predicted molar refractivity (Wildman–Crippen MR) is 343 cm³/mol. The standard InChI is InChI=1S/C67H66O39/c1-21-59(98-25-8-36(74)52(87)37(75)9-25)57(92)60(46(97-21)18-94-22-2-30(68)49(84)31(69)3-22)105-66-63(100-27-12-40(78)54(89)41(79)13-27)58(93)61(47(103-66)19-95-23-4-32(70)50(85)33(71)5-23)106-67-65(102-29-16-44(82)56(91)45(83)17-29)64(101-28-14-42(80)55(90)43(81)15-28)62(99-26-10-38(76)53(88)39(77)11-26)48(104-67)20-96-24-6-34(72)51(86)35(73)7-24/h2-17,21,46-48,57-93H,18-20H2,1H3/t21-,46+,47+,48+,57+,58-,59-,60+,61?,62+,63+,64-,65+,66+,67+/m0/s1. The number of phenols is 24. The first-order chi connectivity index (χ1) is 50.1. The first-order valence-corrected chi connectivity index (χ1v) is 31.0. The van der Waals surface area contributed by atoms with Crippen LogP contribution in [0.5, 0.6) is 184 Å². The van der Waals surface area contributed by atoms with Crippen molar-refractivity contribution in [1.82, 2.24) is 0 Å². The fourth-order valence-electron chi connectivity index (χ4n) is 11.4. The molecule has 8 aromatic rings. The monoisotopic (exact) mass is 1490 g/mol. The summed E-state index contributed by atoms with van der Waals surface area (Å²) in [5.74, 6) is -28.6. The van der Waals surface area contributed by atoms with Gasteiger partial charge in [-0.2, -0.15) is 0 Å². The Hall–Kier alpha value is -12.9. The Morgan fingerprint density at radius 2 is 0.434 bits per heavy atom. The molecule has 0 aromatic heterocycles. The van der Waals surface area contributed by atoms with E-state index in [4.69, 9.17) is 61.6 Å². The number of phenolic OH excluding ortho intramolecular Hbond substituents is 24. The number of hydrogen-bond acceptors (Lipinski definition) is 39. The smallest absolute Gasteiger partial charge is 0.200 e. The Morgan fingerprint density at radius 3 is 0.717 bits per heavy atom. The quantitative estimate of drug-likeness (QED) is 0.0409. The fraction of sp³-hybridized carbons (Fsp3) is 0.284. The number of rotatable bonds is 23. The number of hydrogen-bond donors (Lipinski definition) is 26. The molecule has 26 N–H and O–H groups in total. The third-order valence-electron chi connectivity index (χ3n) is 16.6. The van der Waals surface area contributed by atoms with Crippen molar-refractivity contribution in [2.24, 2.45) is 0 Å². The van der Waals surface area contributed by atoms with Gasteiger partial charge in [-0.05, 0) is 6.92 Å². The molecule has 3 aliphatic rings. The summed E-state index contributed by atoms with van der Waals surface area (Å²) >= 11 is 0. The summed E-state index contributed by atoms with van der Waals surface area (Å²) in [5, 5.41) is 280. The molecular weight excluding hydrogens is 1430 g/mol. The Labute approximate surface area is 592 Å². The van der Waals surface area contributed by atoms with Crippen LogP contribution in [0.15, 0.2) is 97.1 Å². The Kier molecular flexibility index (Phi) is 20.9. The number of benzene rings is 8. The van der Waals surface area contributed by atoms with E-state index in [9.17, 15) is 133 Å². The zero-order valence-electron chi connectivity index (χ0n) is 54.0. The Morgan fingerprint density at radius 1 is 0.236 bits per heavy atom. The van der Waals surface area contributed by atoms with E-state index in [0.29, 0.717) is 24.3 Å². The van der Waals surface area contributed by atoms with Crippen molar-refractivity contribution in [1.29, 1.82) is 0 Å². The molecule has 0 radical (unpaired) electrons. The zero-order valence-corrected chi connectivity index (χ0v) is 54.0. The van der Waals surface area contributed by atoms with E-state index in [1.54, 1.807) is 0 Å². The number of aliphatic hydroxyl groups is 2. The van der Waals surface area contributed by atoms with Crippen molar-refractivity contribution in [3.63, 3.8) is 0 Å². The lowest BCUT2D eigenvalue weighted by atomic mass is 9.94. The first-order valence-electron chi connectivity index (χ1n) is 31.0. The summed E-state index contributed by atoms with van der Waals surface area (Å²) in [7, 11) is 0. The molecule has 0 saturated carbocycles. The second-order valence-electron chi connectivity index (χ2n) is 24.0. The van der Waals surface area contributed by atoms with Crippen LogP contribution >= 0.6 is 0 Å². The van der Waals surface area contributed by atoms with Crippen LogP contribution in [-0.4, -0.2) is 245 Å². The average molecular weight is 1500 g/mol. The largest absolute Gasteiger partial charge is 0.504 e. The molecule has 3 heterocycles. The number of ether oxygens (including phenoxy) is 13. The topological polar surface area (TPSA) is 646 Å². The minimum Gasteiger partial charge on any atom is -0.504 e. The average Bonchev–Trinajstić information content (AvgIpc) is 0.760. The maximum atomic E-state index is 13.4. The molecule has 8 aromatic carbocycles. The lowest BCUT2D eigenvalue weighted by molar-refractivity contribution is -0.365. The summed E-state index contributed by atoms with van der Waals surface area (Å²) in [5.41, 5.74) is 0. The second-order valence-corrected chi connectivity index (χ2v) is 24.0. The maximum Gasteiger partial charge on any atom is 0.200 e. The van der Waals surface area contributed by atoms with Crippen LogP contribution in [0.2, 0.25) is 0 Å². The van der Waals surface area contributed by atoms with Gasteiger partial charge in [-0.15, -0.1) is 0 Å². The predicted octanol–water partition coefficient (Wildman–Crippen LogP) is 3.13. The third-order valence-corrected chi connectivity index (χ3v) is 16.6. The second kappa shape index (κ2) is 29.8. The molecule has 1 unspecified atom stereocenters. The molecule has 0 bridgehead atoms. The fourth-order valence-corrected chi connectivity index (χ4v) is 11.4. The highest BCUT2D eigenvalue weighted by Gasteiger charge is 2.58. The van der Waals surface area contributed by atoms with Crippen molar-refractivity contribution in [3.8, 4) is 184 Å². The van der Waals surface area contributed by atoms with Gasteiger partial charge in [0.05, 0.1) is 6.10 Å². The van der Waals surface area contributed by atoms with E-state index in [1.165, 1.54) is 6.92 Å². The Balaban J connectivity index is 1.08. The molecule has 0 spiro atoms. The minimum atomic E-state index is -2.52. The number of aliphatic hydroxyl groups excluding tert-OH is 2. The van der Waals surface area contributed by atoms with Gasteiger partial charge in [0.1, 0.15) is 109 Å². The van der Waals surface area contributed by atoms with Crippen LogP contribution < -0.4 is 37.9 Å². The molecule has 0 amide bonds. The Bertz CT molecular complexity index is 4360. The molecule has 3 fully saturated rings. The molecule has 568 valence electrons. The number of aromatic hydroxyl groups is 24. The van der Waals surface area contributed by atoms with E-state index in [1.807, 2.05) is 0 Å². The molecule has 15 atom stereocenters. The minimum absolute atomic E-state index is 0.352. The van der Waals surface area contributed by atoms with Gasteiger partial charge in [0, 0.05) is 97.1 Å². The summed E-state index contributed by atoms with van der Waals surface area (Å²) in [6.07, 6.45) is -31.2. The van der Waals surface area contributed by atoms with Gasteiger partial charge < -0.3 is 194 Å². The zero-order chi connectivity index (χ0) is 76.8. The van der Waals surface area contributed by atoms with E-state index in [0.717, 1.165) is 72.8 Å². The summed E-state index contributed by atoms with van der Waals surface area (Å²) in [4.78, 5) is 0. The molecule has 3 saturated heterocycles. The van der Waals surface area contributed by atoms with Crippen molar-refractivity contribution in [2.45, 2.75) is 98.9 Å². The summed E-state index contributed by atoms with van der Waals surface area (Å²) in [6.45, 7) is -1.46. The normalized spacial score (nSPS) is 24.3. The molecule has 3 aliphatic heterocycles. The third kappa shape index (κ3) is 15.5. The van der Waals surface area contributed by atoms with Crippen LogP contribution in [0, 0.1) is 0 Å². The van der Waals surface area contributed by atoms with Crippen molar-refractivity contribution >= 4 is 0 Å². The summed E-state index contributed by atoms with van der Waals surface area (Å²) < 4.78 is 82.4. The summed E-state index contributed by atoms with van der Waals surface area (Å²) in [6, 6.07) is 12.3. The first kappa shape index (κ1) is 74.3. The van der Waals surface area contributed by atoms with E-state index >= 15 is 0 Å². The van der Waals surface area contributed by atoms with Gasteiger partial charge in [0.25, 0.3) is 0 Å². The van der Waals surface area contributed by atoms with Crippen molar-refractivity contribution in [3.05, 3.63) is 97.1 Å². The van der Waals surface area contributed by atoms with Gasteiger partial charge in [0.15, 0.2) is 135 Å². The van der Waals surface area contributed by atoms with Crippen molar-refractivity contribution < 1.29 is 194 Å². The lowest BCUT2D eigenvalue weighted by Crippen LogP contribution is -2.69. The van der Waals surface area contributed by atoms with Crippen LogP contribution in [0.1, 0.15) is 6.92 Å². The molecule has 0 aliphatic carbocycles. The van der Waals surface area contributed by atoms with E-state index in [-0.39, 0.29) is 5.75 Å². The van der Waals surface area contributed by atoms with E-state index in [2.05, 4.69) is 0 Å². The van der Waals surface area contributed by atoms with Crippen LogP contribution in [0.4, 0.5) is 0 Å². The van der Waals surface area contributed by atoms with Crippen LogP contribution in [-0.2, 0) is 23.7 Å².